The lowest BCUT2D eigenvalue weighted by Gasteiger charge is -2.41. The van der Waals surface area contributed by atoms with Crippen LogP contribution in [0.3, 0.4) is 0 Å². The summed E-state index contributed by atoms with van der Waals surface area (Å²) in [6.45, 7) is 10.4. The van der Waals surface area contributed by atoms with Crippen molar-refractivity contribution in [2.24, 2.45) is 5.41 Å². The summed E-state index contributed by atoms with van der Waals surface area (Å²) in [5.74, 6) is -0.238. The van der Waals surface area contributed by atoms with E-state index >= 15 is 0 Å². The van der Waals surface area contributed by atoms with Gasteiger partial charge in [0.15, 0.2) is 29.8 Å². The molecule has 4 aliphatic rings. The summed E-state index contributed by atoms with van der Waals surface area (Å²) in [5, 5.41) is 18.0. The molecule has 0 spiro atoms. The average Bonchev–Trinajstić information content (AvgIpc) is 3.71. The van der Waals surface area contributed by atoms with Crippen LogP contribution in [0.1, 0.15) is 91.6 Å². The number of anilines is 1. The first-order valence-corrected chi connectivity index (χ1v) is 15.1. The standard InChI is InChI=1S/C29H43N5O8/c1-27(2,3)29(11-7-8-12-29)42-26(36)33-23-17-14-30-34(25-22-21(18(15-35)39-25)40-28(4,5)41-22)24(17)32-19(31-23)16-38-20-10-6-9-13-37-20/h14,18,20-22,25,35H,6-13,15-16H2,1-5H3,(H,31,32,33,36)/t18-,20?,21-,22-,25-/m1/s1. The third-order valence-electron chi connectivity index (χ3n) is 8.87. The summed E-state index contributed by atoms with van der Waals surface area (Å²) >= 11 is 0. The molecule has 232 valence electrons. The second-order valence-electron chi connectivity index (χ2n) is 13.2. The molecule has 3 aliphatic heterocycles. The Bertz CT molecular complexity index is 1280. The van der Waals surface area contributed by atoms with Crippen molar-refractivity contribution in [3.63, 3.8) is 0 Å². The largest absolute Gasteiger partial charge is 0.442 e. The highest BCUT2D eigenvalue weighted by atomic mass is 16.8. The zero-order valence-corrected chi connectivity index (χ0v) is 25.1. The Labute approximate surface area is 245 Å². The maximum atomic E-state index is 13.4. The van der Waals surface area contributed by atoms with Crippen LogP contribution in [-0.4, -0.2) is 80.2 Å². The molecule has 3 saturated heterocycles. The highest BCUT2D eigenvalue weighted by Gasteiger charge is 2.56. The molecule has 0 radical (unpaired) electrons. The van der Waals surface area contributed by atoms with Gasteiger partial charge in [0.25, 0.3) is 0 Å². The van der Waals surface area contributed by atoms with E-state index in [0.717, 1.165) is 44.9 Å². The quantitative estimate of drug-likeness (QED) is 0.479. The first-order chi connectivity index (χ1) is 20.0. The Morgan fingerprint density at radius 3 is 2.60 bits per heavy atom. The molecule has 1 unspecified atom stereocenters. The van der Waals surface area contributed by atoms with Crippen molar-refractivity contribution < 1.29 is 38.3 Å². The van der Waals surface area contributed by atoms with Crippen molar-refractivity contribution >= 4 is 22.9 Å². The fourth-order valence-electron chi connectivity index (χ4n) is 6.58. The summed E-state index contributed by atoms with van der Waals surface area (Å²) in [5.41, 5.74) is -0.357. The average molecular weight is 590 g/mol. The van der Waals surface area contributed by atoms with Crippen molar-refractivity contribution in [3.05, 3.63) is 12.0 Å². The number of nitrogens with zero attached hydrogens (tertiary/aromatic N) is 4. The number of hydrogen-bond acceptors (Lipinski definition) is 11. The molecule has 13 nitrogen and oxygen atoms in total. The monoisotopic (exact) mass is 589 g/mol. The number of rotatable bonds is 7. The van der Waals surface area contributed by atoms with E-state index in [9.17, 15) is 9.90 Å². The van der Waals surface area contributed by atoms with Gasteiger partial charge < -0.3 is 33.5 Å². The molecule has 2 N–H and O–H groups in total. The summed E-state index contributed by atoms with van der Waals surface area (Å²) in [6.07, 6.45) is 4.83. The van der Waals surface area contributed by atoms with E-state index < -0.39 is 42.0 Å². The molecule has 42 heavy (non-hydrogen) atoms. The van der Waals surface area contributed by atoms with E-state index in [2.05, 4.69) is 36.2 Å². The summed E-state index contributed by atoms with van der Waals surface area (Å²) in [6, 6.07) is 0. The number of carbonyl (C=O) groups is 1. The Kier molecular flexibility index (Phi) is 7.94. The summed E-state index contributed by atoms with van der Waals surface area (Å²) < 4.78 is 37.8. The van der Waals surface area contributed by atoms with Gasteiger partial charge in [0, 0.05) is 12.0 Å². The minimum Gasteiger partial charge on any atom is -0.442 e. The number of hydrogen-bond donors (Lipinski definition) is 2. The normalized spacial score (nSPS) is 30.5. The van der Waals surface area contributed by atoms with E-state index in [4.69, 9.17) is 33.4 Å². The van der Waals surface area contributed by atoms with Crippen LogP contribution in [0, 0.1) is 5.41 Å². The van der Waals surface area contributed by atoms with Gasteiger partial charge in [0.1, 0.15) is 36.3 Å². The van der Waals surface area contributed by atoms with Crippen molar-refractivity contribution in [2.45, 2.75) is 128 Å². The maximum Gasteiger partial charge on any atom is 0.413 e. The SMILES string of the molecule is CC1(C)O[C@@H]2[C@H](O1)[C@@H](CO)O[C@H]2n1ncc2c(NC(=O)OC3(C(C)(C)C)CCCC3)nc(COC3CCCCO3)nc21. The second-order valence-corrected chi connectivity index (χ2v) is 13.2. The molecular formula is C29H43N5O8. The molecule has 2 aromatic rings. The molecule has 1 aliphatic carbocycles. The van der Waals surface area contributed by atoms with Gasteiger partial charge in [-0.05, 0) is 58.8 Å². The van der Waals surface area contributed by atoms with Gasteiger partial charge in [0.05, 0.1) is 18.2 Å². The molecule has 13 heteroatoms. The van der Waals surface area contributed by atoms with Gasteiger partial charge in [-0.1, -0.05) is 20.8 Å². The van der Waals surface area contributed by atoms with Gasteiger partial charge in [0.2, 0.25) is 0 Å². The molecule has 5 heterocycles. The molecule has 6 rings (SSSR count). The van der Waals surface area contributed by atoms with E-state index in [1.54, 1.807) is 10.9 Å². The molecule has 4 fully saturated rings. The van der Waals surface area contributed by atoms with Gasteiger partial charge in [-0.25, -0.2) is 19.4 Å². The fourth-order valence-corrected chi connectivity index (χ4v) is 6.58. The van der Waals surface area contributed by atoms with Gasteiger partial charge >= 0.3 is 6.09 Å². The third-order valence-corrected chi connectivity index (χ3v) is 8.87. The minimum absolute atomic E-state index is 0.0743. The Balaban J connectivity index is 1.32. The minimum atomic E-state index is -0.846. The van der Waals surface area contributed by atoms with Crippen LogP contribution >= 0.6 is 0 Å². The molecular weight excluding hydrogens is 546 g/mol. The zero-order valence-electron chi connectivity index (χ0n) is 25.1. The van der Waals surface area contributed by atoms with Crippen LogP contribution in [0.25, 0.3) is 11.0 Å². The van der Waals surface area contributed by atoms with Crippen LogP contribution in [0.15, 0.2) is 6.20 Å². The number of aliphatic hydroxyl groups is 1. The Morgan fingerprint density at radius 1 is 1.14 bits per heavy atom. The lowest BCUT2D eigenvalue weighted by Crippen LogP contribution is -2.45. The Morgan fingerprint density at radius 2 is 1.90 bits per heavy atom. The van der Waals surface area contributed by atoms with E-state index in [-0.39, 0.29) is 30.7 Å². The number of carbonyl (C=O) groups excluding carboxylic acids is 1. The molecule has 0 aromatic carbocycles. The van der Waals surface area contributed by atoms with Crippen LogP contribution in [0.5, 0.6) is 0 Å². The van der Waals surface area contributed by atoms with Gasteiger partial charge in [-0.3, -0.25) is 5.32 Å². The van der Waals surface area contributed by atoms with Crippen molar-refractivity contribution in [1.29, 1.82) is 0 Å². The van der Waals surface area contributed by atoms with Crippen LogP contribution in [0.2, 0.25) is 0 Å². The van der Waals surface area contributed by atoms with Crippen molar-refractivity contribution in [1.82, 2.24) is 19.7 Å². The zero-order chi connectivity index (χ0) is 29.7. The number of fused-ring (bicyclic) bond motifs is 2. The van der Waals surface area contributed by atoms with Crippen molar-refractivity contribution in [2.75, 3.05) is 18.5 Å². The molecule has 0 bridgehead atoms. The fraction of sp³-hybridized carbons (Fsp3) is 0.793. The predicted molar refractivity (Wildman–Crippen MR) is 149 cm³/mol. The van der Waals surface area contributed by atoms with Crippen LogP contribution in [-0.2, 0) is 35.0 Å². The Hall–Kier alpha value is -2.42. The number of amides is 1. The second kappa shape index (κ2) is 11.3. The van der Waals surface area contributed by atoms with Gasteiger partial charge in [-0.15, -0.1) is 0 Å². The van der Waals surface area contributed by atoms with Gasteiger partial charge in [-0.2, -0.15) is 5.10 Å². The number of aliphatic hydroxyl groups excluding tert-OH is 1. The number of nitrogens with one attached hydrogen (secondary N) is 1. The molecule has 2 aromatic heterocycles. The smallest absolute Gasteiger partial charge is 0.413 e. The highest BCUT2D eigenvalue weighted by molar-refractivity contribution is 5.95. The first-order valence-electron chi connectivity index (χ1n) is 15.1. The van der Waals surface area contributed by atoms with E-state index in [1.807, 2.05) is 13.8 Å². The van der Waals surface area contributed by atoms with E-state index in [0.29, 0.717) is 23.5 Å². The van der Waals surface area contributed by atoms with Crippen LogP contribution in [0.4, 0.5) is 10.6 Å². The maximum absolute atomic E-state index is 13.4. The van der Waals surface area contributed by atoms with E-state index in [1.165, 1.54) is 0 Å². The topological polar surface area (TPSA) is 148 Å². The number of aromatic nitrogens is 4. The lowest BCUT2D eigenvalue weighted by molar-refractivity contribution is -0.201. The summed E-state index contributed by atoms with van der Waals surface area (Å²) in [7, 11) is 0. The third kappa shape index (κ3) is 5.62. The first kappa shape index (κ1) is 29.6. The number of ether oxygens (including phenoxy) is 6. The van der Waals surface area contributed by atoms with Crippen molar-refractivity contribution in [3.8, 4) is 0 Å². The lowest BCUT2D eigenvalue weighted by atomic mass is 9.75. The van der Waals surface area contributed by atoms with Crippen LogP contribution < -0.4 is 5.32 Å². The predicted octanol–water partition coefficient (Wildman–Crippen LogP) is 4.19. The molecule has 5 atom stereocenters. The molecule has 1 amide bonds. The highest BCUT2D eigenvalue weighted by Crippen LogP contribution is 2.47. The molecule has 1 saturated carbocycles. The summed E-state index contributed by atoms with van der Waals surface area (Å²) in [4.78, 5) is 22.8.